The Morgan fingerprint density at radius 2 is 1.80 bits per heavy atom. The largest absolute Gasteiger partial charge is 0.298 e. The molecule has 5 nitrogen and oxygen atoms in total. The summed E-state index contributed by atoms with van der Waals surface area (Å²) in [4.78, 5) is 30.9. The maximum absolute atomic E-state index is 14.1. The van der Waals surface area contributed by atoms with Gasteiger partial charge >= 0.3 is 0 Å². The minimum Gasteiger partial charge on any atom is -0.298 e. The summed E-state index contributed by atoms with van der Waals surface area (Å²) < 4.78 is 28.2. The minimum atomic E-state index is -2.97. The molecule has 1 aromatic heterocycles. The highest BCUT2D eigenvalue weighted by Gasteiger charge is 2.39. The van der Waals surface area contributed by atoms with Crippen molar-refractivity contribution in [3.05, 3.63) is 83.0 Å². The molecule has 180 valence electrons. The second-order valence-electron chi connectivity index (χ2n) is 8.89. The first kappa shape index (κ1) is 24.4. The zero-order valence-corrected chi connectivity index (χ0v) is 20.2. The molecule has 7 heteroatoms. The molecule has 0 bridgehead atoms. The van der Waals surface area contributed by atoms with Crippen LogP contribution in [-0.2, 0) is 21.9 Å². The third kappa shape index (κ3) is 4.76. The lowest BCUT2D eigenvalue weighted by atomic mass is 9.92. The van der Waals surface area contributed by atoms with Gasteiger partial charge in [0.15, 0.2) is 5.78 Å². The van der Waals surface area contributed by atoms with Crippen molar-refractivity contribution in [1.29, 1.82) is 0 Å². The molecule has 0 radical (unpaired) electrons. The number of aryl methyl sites for hydroxylation is 2. The molecule has 4 rings (SSSR count). The number of Topliss-reactive ketones (excluding diaryl/α,β-unsaturated/α-hetero) is 1. The fourth-order valence-electron chi connectivity index (χ4n) is 4.30. The van der Waals surface area contributed by atoms with E-state index in [2.05, 4.69) is 10.1 Å². The van der Waals surface area contributed by atoms with Crippen LogP contribution in [0.25, 0.3) is 11.3 Å². The predicted octanol–water partition coefficient (Wildman–Crippen LogP) is 6.02. The molecular formula is C28H27F2N3O2. The number of alkyl halides is 2. The van der Waals surface area contributed by atoms with E-state index in [1.807, 2.05) is 38.1 Å². The number of amides is 1. The van der Waals surface area contributed by atoms with Gasteiger partial charge in [-0.25, -0.2) is 8.78 Å². The lowest BCUT2D eigenvalue weighted by molar-refractivity contribution is -0.128. The van der Waals surface area contributed by atoms with Gasteiger partial charge in [0.2, 0.25) is 0 Å². The van der Waals surface area contributed by atoms with Crippen LogP contribution in [0.3, 0.4) is 0 Å². The SMILES string of the molecule is CCC(F)(F)c1cccc(CC(=O)C2C(=O)N(c3ccc(C)c(-c4ncccc4C)c3)N=C2C)c1. The topological polar surface area (TPSA) is 62.6 Å². The van der Waals surface area contributed by atoms with Crippen LogP contribution in [0.2, 0.25) is 0 Å². The number of aromatic nitrogens is 1. The number of pyridine rings is 1. The Hall–Kier alpha value is -3.74. The van der Waals surface area contributed by atoms with Crippen LogP contribution in [0.5, 0.6) is 0 Å². The Morgan fingerprint density at radius 1 is 1.03 bits per heavy atom. The van der Waals surface area contributed by atoms with E-state index >= 15 is 0 Å². The standard InChI is InChI=1S/C28H27F2N3O2/c1-5-28(29,30)21-10-6-9-20(14-21)15-24(34)25-19(4)32-33(27(25)35)22-12-11-17(2)23(16-22)26-18(3)8-7-13-31-26/h6-14,16,25H,5,15H2,1-4H3. The second-order valence-corrected chi connectivity index (χ2v) is 8.89. The Labute approximate surface area is 203 Å². The van der Waals surface area contributed by atoms with Gasteiger partial charge in [-0.15, -0.1) is 0 Å². The molecule has 2 aromatic carbocycles. The van der Waals surface area contributed by atoms with Gasteiger partial charge in [0.1, 0.15) is 5.92 Å². The number of hydrogen-bond acceptors (Lipinski definition) is 4. The molecular weight excluding hydrogens is 448 g/mol. The maximum atomic E-state index is 14.1. The molecule has 1 amide bonds. The number of carbonyl (C=O) groups excluding carboxylic acids is 2. The van der Waals surface area contributed by atoms with Gasteiger partial charge in [0.05, 0.1) is 17.1 Å². The van der Waals surface area contributed by atoms with E-state index in [-0.39, 0.29) is 24.2 Å². The van der Waals surface area contributed by atoms with Crippen LogP contribution in [0.1, 0.15) is 42.5 Å². The Balaban J connectivity index is 1.58. The summed E-state index contributed by atoms with van der Waals surface area (Å²) in [7, 11) is 0. The van der Waals surface area contributed by atoms with Gasteiger partial charge in [0, 0.05) is 30.2 Å². The molecule has 0 saturated heterocycles. The number of nitrogens with zero attached hydrogens (tertiary/aromatic N) is 3. The van der Waals surface area contributed by atoms with Gasteiger partial charge in [-0.2, -0.15) is 10.1 Å². The summed E-state index contributed by atoms with van der Waals surface area (Å²) in [6.07, 6.45) is 1.26. The third-order valence-corrected chi connectivity index (χ3v) is 6.36. The Bertz CT molecular complexity index is 1330. The van der Waals surface area contributed by atoms with E-state index in [1.165, 1.54) is 30.1 Å². The lowest BCUT2D eigenvalue weighted by Crippen LogP contribution is -2.33. The summed E-state index contributed by atoms with van der Waals surface area (Å²) >= 11 is 0. The normalized spacial score (nSPS) is 15.9. The monoisotopic (exact) mass is 475 g/mol. The molecule has 0 saturated carbocycles. The first-order valence-electron chi connectivity index (χ1n) is 11.5. The van der Waals surface area contributed by atoms with Crippen LogP contribution in [0, 0.1) is 19.8 Å². The molecule has 3 aromatic rings. The molecule has 1 unspecified atom stereocenters. The average Bonchev–Trinajstić information content (AvgIpc) is 3.14. The van der Waals surface area contributed by atoms with E-state index in [1.54, 1.807) is 25.3 Å². The molecule has 1 atom stereocenters. The average molecular weight is 476 g/mol. The van der Waals surface area contributed by atoms with Crippen LogP contribution in [0.4, 0.5) is 14.5 Å². The van der Waals surface area contributed by atoms with Crippen molar-refractivity contribution in [2.45, 2.75) is 46.5 Å². The first-order chi connectivity index (χ1) is 16.6. The molecule has 0 spiro atoms. The quantitative estimate of drug-likeness (QED) is 0.393. The van der Waals surface area contributed by atoms with Crippen molar-refractivity contribution in [1.82, 2.24) is 4.98 Å². The highest BCUT2D eigenvalue weighted by molar-refractivity contribution is 6.27. The Kier molecular flexibility index (Phi) is 6.61. The number of rotatable bonds is 7. The summed E-state index contributed by atoms with van der Waals surface area (Å²) in [5.74, 6) is -4.84. The molecule has 0 fully saturated rings. The summed E-state index contributed by atoms with van der Waals surface area (Å²) in [5, 5.41) is 5.63. The van der Waals surface area contributed by atoms with Gasteiger partial charge < -0.3 is 0 Å². The number of halogens is 2. The van der Waals surface area contributed by atoms with E-state index in [0.717, 1.165) is 22.4 Å². The fraction of sp³-hybridized carbons (Fsp3) is 0.286. The molecule has 2 heterocycles. The van der Waals surface area contributed by atoms with E-state index in [0.29, 0.717) is 17.0 Å². The first-order valence-corrected chi connectivity index (χ1v) is 11.5. The van der Waals surface area contributed by atoms with Crippen molar-refractivity contribution in [3.63, 3.8) is 0 Å². The summed E-state index contributed by atoms with van der Waals surface area (Å²) in [5.41, 5.74) is 4.93. The van der Waals surface area contributed by atoms with E-state index in [9.17, 15) is 18.4 Å². The molecule has 1 aliphatic rings. The van der Waals surface area contributed by atoms with E-state index in [4.69, 9.17) is 0 Å². The molecule has 1 aliphatic heterocycles. The molecule has 35 heavy (non-hydrogen) atoms. The Morgan fingerprint density at radius 3 is 2.51 bits per heavy atom. The van der Waals surface area contributed by atoms with Crippen LogP contribution in [0.15, 0.2) is 65.9 Å². The van der Waals surface area contributed by atoms with Gasteiger partial charge in [0.25, 0.3) is 11.8 Å². The van der Waals surface area contributed by atoms with Gasteiger partial charge in [-0.05, 0) is 61.7 Å². The van der Waals surface area contributed by atoms with Crippen LogP contribution >= 0.6 is 0 Å². The molecule has 0 aliphatic carbocycles. The third-order valence-electron chi connectivity index (χ3n) is 6.36. The van der Waals surface area contributed by atoms with Crippen molar-refractivity contribution < 1.29 is 18.4 Å². The number of anilines is 1. The van der Waals surface area contributed by atoms with Gasteiger partial charge in [-0.1, -0.05) is 37.3 Å². The highest BCUT2D eigenvalue weighted by Crippen LogP contribution is 2.33. The maximum Gasteiger partial charge on any atom is 0.273 e. The highest BCUT2D eigenvalue weighted by atomic mass is 19.3. The van der Waals surface area contributed by atoms with Gasteiger partial charge in [-0.3, -0.25) is 14.6 Å². The number of carbonyl (C=O) groups is 2. The zero-order chi connectivity index (χ0) is 25.3. The predicted molar refractivity (Wildman–Crippen MR) is 133 cm³/mol. The number of hydrazone groups is 1. The summed E-state index contributed by atoms with van der Waals surface area (Å²) in [6, 6.07) is 15.2. The smallest absolute Gasteiger partial charge is 0.273 e. The minimum absolute atomic E-state index is 0.128. The molecule has 0 N–H and O–H groups in total. The van der Waals surface area contributed by atoms with Crippen molar-refractivity contribution in [3.8, 4) is 11.3 Å². The second kappa shape index (κ2) is 9.49. The number of benzene rings is 2. The number of hydrogen-bond donors (Lipinski definition) is 0. The van der Waals surface area contributed by atoms with E-state index < -0.39 is 17.7 Å². The fourth-order valence-corrected chi connectivity index (χ4v) is 4.30. The van der Waals surface area contributed by atoms with Crippen molar-refractivity contribution >= 4 is 23.1 Å². The van der Waals surface area contributed by atoms with Crippen LogP contribution in [-0.4, -0.2) is 22.4 Å². The van der Waals surface area contributed by atoms with Crippen molar-refractivity contribution in [2.24, 2.45) is 11.0 Å². The van der Waals surface area contributed by atoms with Crippen molar-refractivity contribution in [2.75, 3.05) is 5.01 Å². The number of ketones is 1. The lowest BCUT2D eigenvalue weighted by Gasteiger charge is -2.17. The zero-order valence-electron chi connectivity index (χ0n) is 20.2. The summed E-state index contributed by atoms with van der Waals surface area (Å²) in [6.45, 7) is 6.99. The van der Waals surface area contributed by atoms with Crippen LogP contribution < -0.4 is 5.01 Å².